The van der Waals surface area contributed by atoms with Crippen molar-refractivity contribution in [2.45, 2.75) is 38.1 Å². The smallest absolute Gasteiger partial charge is 0.181 e. The van der Waals surface area contributed by atoms with Gasteiger partial charge < -0.3 is 10.2 Å². The van der Waals surface area contributed by atoms with Gasteiger partial charge >= 0.3 is 0 Å². The number of nitrogens with zero attached hydrogens (tertiary/aromatic N) is 1. The first-order valence-electron chi connectivity index (χ1n) is 4.54. The molecule has 0 spiro atoms. The minimum absolute atomic E-state index is 0.502. The van der Waals surface area contributed by atoms with Crippen LogP contribution in [0.3, 0.4) is 0 Å². The number of nitrogens with two attached hydrogens (primary N) is 1. The molecule has 1 aromatic rings. The first-order valence-corrected chi connectivity index (χ1v) is 4.54. The van der Waals surface area contributed by atoms with Crippen LogP contribution < -0.4 is 5.73 Å². The van der Waals surface area contributed by atoms with E-state index in [0.717, 1.165) is 11.5 Å². The molecule has 0 atom stereocenters. The minimum atomic E-state index is 0.502. The van der Waals surface area contributed by atoms with Crippen LogP contribution in [0.5, 0.6) is 0 Å². The van der Waals surface area contributed by atoms with Gasteiger partial charge in [-0.2, -0.15) is 0 Å². The van der Waals surface area contributed by atoms with Crippen molar-refractivity contribution in [3.05, 3.63) is 17.8 Å². The fourth-order valence-electron chi connectivity index (χ4n) is 1.95. The van der Waals surface area contributed by atoms with Crippen LogP contribution in [0.4, 0.5) is 0 Å². The van der Waals surface area contributed by atoms with E-state index in [2.05, 4.69) is 4.98 Å². The molecule has 1 fully saturated rings. The predicted octanol–water partition coefficient (Wildman–Crippen LogP) is 1.79. The maximum absolute atomic E-state index is 5.54. The summed E-state index contributed by atoms with van der Waals surface area (Å²) in [7, 11) is 0. The Hall–Kier alpha value is -0.830. The standard InChI is InChI=1S/C9H14N2O/c10-5-8-9(12-6-11-8)7-3-1-2-4-7/h6-7H,1-5,10H2. The molecule has 1 aromatic heterocycles. The molecule has 0 radical (unpaired) electrons. The van der Waals surface area contributed by atoms with Crippen molar-refractivity contribution in [2.24, 2.45) is 5.73 Å². The third-order valence-electron chi connectivity index (χ3n) is 2.59. The second kappa shape index (κ2) is 3.27. The monoisotopic (exact) mass is 166 g/mol. The maximum atomic E-state index is 5.54. The number of oxazole rings is 1. The van der Waals surface area contributed by atoms with Crippen molar-refractivity contribution in [1.82, 2.24) is 4.98 Å². The summed E-state index contributed by atoms with van der Waals surface area (Å²) in [6.45, 7) is 0.502. The van der Waals surface area contributed by atoms with Crippen LogP contribution in [0.15, 0.2) is 10.8 Å². The van der Waals surface area contributed by atoms with Crippen LogP contribution >= 0.6 is 0 Å². The van der Waals surface area contributed by atoms with E-state index in [1.807, 2.05) is 0 Å². The number of rotatable bonds is 2. The third-order valence-corrected chi connectivity index (χ3v) is 2.59. The lowest BCUT2D eigenvalue weighted by atomic mass is 10.0. The SMILES string of the molecule is NCc1ncoc1C1CCCC1. The molecule has 3 heteroatoms. The van der Waals surface area contributed by atoms with Gasteiger partial charge in [-0.25, -0.2) is 4.98 Å². The summed E-state index contributed by atoms with van der Waals surface area (Å²) in [5.41, 5.74) is 6.49. The molecule has 2 rings (SSSR count). The fourth-order valence-corrected chi connectivity index (χ4v) is 1.95. The van der Waals surface area contributed by atoms with E-state index >= 15 is 0 Å². The van der Waals surface area contributed by atoms with Crippen LogP contribution in [0.2, 0.25) is 0 Å². The predicted molar refractivity (Wildman–Crippen MR) is 45.6 cm³/mol. The van der Waals surface area contributed by atoms with Crippen LogP contribution in [0.25, 0.3) is 0 Å². The van der Waals surface area contributed by atoms with Crippen molar-refractivity contribution < 1.29 is 4.42 Å². The van der Waals surface area contributed by atoms with Gasteiger partial charge in [0.05, 0.1) is 5.69 Å². The zero-order valence-corrected chi connectivity index (χ0v) is 7.12. The Morgan fingerprint density at radius 1 is 1.50 bits per heavy atom. The van der Waals surface area contributed by atoms with Gasteiger partial charge in [0.15, 0.2) is 6.39 Å². The lowest BCUT2D eigenvalue weighted by molar-refractivity contribution is 0.457. The molecule has 0 saturated heterocycles. The molecule has 1 saturated carbocycles. The Bertz CT molecular complexity index is 251. The molecule has 2 N–H and O–H groups in total. The zero-order valence-electron chi connectivity index (χ0n) is 7.12. The van der Waals surface area contributed by atoms with Gasteiger partial charge in [0.25, 0.3) is 0 Å². The van der Waals surface area contributed by atoms with Crippen molar-refractivity contribution >= 4 is 0 Å². The summed E-state index contributed by atoms with van der Waals surface area (Å²) in [5, 5.41) is 0. The van der Waals surface area contributed by atoms with Crippen LogP contribution in [0.1, 0.15) is 43.1 Å². The highest BCUT2D eigenvalue weighted by Gasteiger charge is 2.22. The average Bonchev–Trinajstić information content (AvgIpc) is 2.74. The molecule has 0 aliphatic heterocycles. The molecular weight excluding hydrogens is 152 g/mol. The van der Waals surface area contributed by atoms with Gasteiger partial charge in [-0.1, -0.05) is 12.8 Å². The van der Waals surface area contributed by atoms with E-state index in [9.17, 15) is 0 Å². The van der Waals surface area contributed by atoms with Gasteiger partial charge in [-0.15, -0.1) is 0 Å². The third kappa shape index (κ3) is 1.25. The Kier molecular flexibility index (Phi) is 2.13. The van der Waals surface area contributed by atoms with E-state index in [-0.39, 0.29) is 0 Å². The molecule has 12 heavy (non-hydrogen) atoms. The van der Waals surface area contributed by atoms with Crippen LogP contribution in [-0.4, -0.2) is 4.98 Å². The molecule has 66 valence electrons. The van der Waals surface area contributed by atoms with E-state index in [1.54, 1.807) is 0 Å². The number of hydrogen-bond donors (Lipinski definition) is 1. The molecule has 0 bridgehead atoms. The van der Waals surface area contributed by atoms with Crippen LogP contribution in [0, 0.1) is 0 Å². The number of hydrogen-bond acceptors (Lipinski definition) is 3. The van der Waals surface area contributed by atoms with E-state index < -0.39 is 0 Å². The summed E-state index contributed by atoms with van der Waals surface area (Å²) in [4.78, 5) is 4.09. The van der Waals surface area contributed by atoms with E-state index in [0.29, 0.717) is 12.5 Å². The molecule has 0 unspecified atom stereocenters. The van der Waals surface area contributed by atoms with Gasteiger partial charge in [0.2, 0.25) is 0 Å². The van der Waals surface area contributed by atoms with Crippen molar-refractivity contribution in [3.63, 3.8) is 0 Å². The summed E-state index contributed by atoms with van der Waals surface area (Å²) in [6.07, 6.45) is 6.62. The minimum Gasteiger partial charge on any atom is -0.448 e. The fraction of sp³-hybridized carbons (Fsp3) is 0.667. The molecule has 1 aliphatic carbocycles. The van der Waals surface area contributed by atoms with Crippen molar-refractivity contribution in [1.29, 1.82) is 0 Å². The number of aromatic nitrogens is 1. The highest BCUT2D eigenvalue weighted by atomic mass is 16.3. The van der Waals surface area contributed by atoms with Gasteiger partial charge in [0, 0.05) is 12.5 Å². The zero-order chi connectivity index (χ0) is 8.39. The van der Waals surface area contributed by atoms with Gasteiger partial charge in [-0.05, 0) is 12.8 Å². The molecule has 1 heterocycles. The lowest BCUT2D eigenvalue weighted by Crippen LogP contribution is -2.02. The molecule has 1 aliphatic rings. The highest BCUT2D eigenvalue weighted by Crippen LogP contribution is 2.35. The molecule has 3 nitrogen and oxygen atoms in total. The van der Waals surface area contributed by atoms with Gasteiger partial charge in [0.1, 0.15) is 5.76 Å². The summed E-state index contributed by atoms with van der Waals surface area (Å²) < 4.78 is 5.35. The first-order chi connectivity index (χ1) is 5.92. The first kappa shape index (κ1) is 7.80. The largest absolute Gasteiger partial charge is 0.448 e. The summed E-state index contributed by atoms with van der Waals surface area (Å²) in [6, 6.07) is 0. The summed E-state index contributed by atoms with van der Waals surface area (Å²) in [5.74, 6) is 1.63. The van der Waals surface area contributed by atoms with Crippen molar-refractivity contribution in [2.75, 3.05) is 0 Å². The van der Waals surface area contributed by atoms with Gasteiger partial charge in [-0.3, -0.25) is 0 Å². The Labute approximate surface area is 72.0 Å². The Morgan fingerprint density at radius 3 is 2.92 bits per heavy atom. The highest BCUT2D eigenvalue weighted by molar-refractivity contribution is 5.13. The summed E-state index contributed by atoms with van der Waals surface area (Å²) >= 11 is 0. The molecule has 0 amide bonds. The van der Waals surface area contributed by atoms with E-state index in [4.69, 9.17) is 10.2 Å². The Morgan fingerprint density at radius 2 is 2.25 bits per heavy atom. The topological polar surface area (TPSA) is 52.0 Å². The quantitative estimate of drug-likeness (QED) is 0.728. The normalized spacial score (nSPS) is 18.8. The van der Waals surface area contributed by atoms with E-state index in [1.165, 1.54) is 32.1 Å². The lowest BCUT2D eigenvalue weighted by Gasteiger charge is -2.05. The maximum Gasteiger partial charge on any atom is 0.181 e. The Balaban J connectivity index is 2.19. The molecular formula is C9H14N2O. The molecule has 0 aromatic carbocycles. The van der Waals surface area contributed by atoms with Crippen molar-refractivity contribution in [3.8, 4) is 0 Å². The van der Waals surface area contributed by atoms with Crippen LogP contribution in [-0.2, 0) is 6.54 Å². The average molecular weight is 166 g/mol. The second-order valence-corrected chi connectivity index (χ2v) is 3.35. The second-order valence-electron chi connectivity index (χ2n) is 3.35.